The monoisotopic (exact) mass is 418 g/mol. The number of ether oxygens (including phenoxy) is 1. The van der Waals surface area contributed by atoms with E-state index in [1.165, 1.54) is 77.0 Å². The number of carbonyl (C=O) groups is 1. The molecule has 1 aliphatic carbocycles. The highest BCUT2D eigenvalue weighted by atomic mass is 16.5. The fourth-order valence-corrected chi connectivity index (χ4v) is 4.32. The van der Waals surface area contributed by atoms with Crippen LogP contribution >= 0.6 is 0 Å². The third-order valence-electron chi connectivity index (χ3n) is 6.08. The fraction of sp³-hybridized carbons (Fsp3) is 0.741. The molecule has 0 aromatic heterocycles. The molecule has 2 atom stereocenters. The molecular formula is C27H46O3. The maximum Gasteiger partial charge on any atom is 0.313 e. The average Bonchev–Trinajstić information content (AvgIpc) is 2.74. The molecule has 0 aromatic rings. The Morgan fingerprint density at radius 2 is 1.43 bits per heavy atom. The van der Waals surface area contributed by atoms with Gasteiger partial charge >= 0.3 is 5.97 Å². The van der Waals surface area contributed by atoms with Crippen molar-refractivity contribution in [3.63, 3.8) is 0 Å². The molecule has 2 unspecified atom stereocenters. The maximum absolute atomic E-state index is 11.6. The van der Waals surface area contributed by atoms with Crippen LogP contribution in [0.3, 0.4) is 0 Å². The van der Waals surface area contributed by atoms with Crippen LogP contribution in [0.2, 0.25) is 0 Å². The van der Waals surface area contributed by atoms with Gasteiger partial charge in [0.05, 0.1) is 0 Å². The zero-order chi connectivity index (χ0) is 21.9. The van der Waals surface area contributed by atoms with E-state index in [1.54, 1.807) is 6.08 Å². The average molecular weight is 419 g/mol. The molecule has 3 heteroatoms. The van der Waals surface area contributed by atoms with Crippen molar-refractivity contribution in [3.05, 3.63) is 36.5 Å². The lowest BCUT2D eigenvalue weighted by Gasteiger charge is -2.36. The Morgan fingerprint density at radius 3 is 2.00 bits per heavy atom. The van der Waals surface area contributed by atoms with Crippen LogP contribution in [0.5, 0.6) is 0 Å². The highest BCUT2D eigenvalue weighted by Gasteiger charge is 2.41. The van der Waals surface area contributed by atoms with Crippen LogP contribution in [0.1, 0.15) is 110 Å². The smallest absolute Gasteiger partial charge is 0.313 e. The summed E-state index contributed by atoms with van der Waals surface area (Å²) in [6, 6.07) is 0. The molecule has 0 fully saturated rings. The first kappa shape index (κ1) is 26.7. The van der Waals surface area contributed by atoms with Gasteiger partial charge in [-0.05, 0) is 39.0 Å². The number of allylic oxidation sites excluding steroid dienone is 4. The molecule has 1 rings (SSSR count). The predicted octanol–water partition coefficient (Wildman–Crippen LogP) is 8.02. The van der Waals surface area contributed by atoms with Crippen LogP contribution in [0.15, 0.2) is 36.5 Å². The van der Waals surface area contributed by atoms with E-state index in [9.17, 15) is 9.90 Å². The lowest BCUT2D eigenvalue weighted by atomic mass is 9.79. The fourth-order valence-electron chi connectivity index (χ4n) is 4.32. The Bertz CT molecular complexity index is 520. The highest BCUT2D eigenvalue weighted by molar-refractivity contribution is 5.75. The van der Waals surface area contributed by atoms with Gasteiger partial charge in [-0.25, -0.2) is 0 Å². The third-order valence-corrected chi connectivity index (χ3v) is 6.08. The van der Waals surface area contributed by atoms with Crippen LogP contribution in [-0.4, -0.2) is 23.3 Å². The van der Waals surface area contributed by atoms with Gasteiger partial charge in [-0.15, -0.1) is 0 Å². The molecule has 0 heterocycles. The van der Waals surface area contributed by atoms with Crippen molar-refractivity contribution in [3.8, 4) is 0 Å². The van der Waals surface area contributed by atoms with Gasteiger partial charge in [-0.2, -0.15) is 0 Å². The summed E-state index contributed by atoms with van der Waals surface area (Å²) >= 11 is 0. The molecule has 1 aliphatic rings. The summed E-state index contributed by atoms with van der Waals surface area (Å²) in [6.07, 6.45) is 30.9. The molecule has 0 bridgehead atoms. The molecule has 1 N–H and O–H groups in total. The largest absolute Gasteiger partial charge is 0.481 e. The van der Waals surface area contributed by atoms with Gasteiger partial charge in [0.2, 0.25) is 0 Å². The lowest BCUT2D eigenvalue weighted by molar-refractivity contribution is -0.149. The van der Waals surface area contributed by atoms with Crippen molar-refractivity contribution in [1.29, 1.82) is 0 Å². The van der Waals surface area contributed by atoms with E-state index in [-0.39, 0.29) is 0 Å². The minimum atomic E-state index is -0.798. The van der Waals surface area contributed by atoms with Gasteiger partial charge < -0.3 is 9.84 Å². The summed E-state index contributed by atoms with van der Waals surface area (Å²) in [5.74, 6) is -1.38. The summed E-state index contributed by atoms with van der Waals surface area (Å²) in [5, 5.41) is 9.56. The van der Waals surface area contributed by atoms with Crippen molar-refractivity contribution in [1.82, 2.24) is 0 Å². The number of carboxylic acid groups (broad SMARTS) is 1. The number of aliphatic carboxylic acids is 1. The summed E-state index contributed by atoms with van der Waals surface area (Å²) in [6.45, 7) is 4.74. The standard InChI is InChI=1S/C27H46O3/c1-3-5-6-7-8-9-10-11-12-13-14-15-16-17-18-20-23-27(30-4-2)24-21-19-22-25(27)26(28)29/h11-12,19,21-22,24-25H,3-10,13-18,20,23H2,1-2H3,(H,28,29)/b12-11-. The van der Waals surface area contributed by atoms with E-state index < -0.39 is 17.5 Å². The first-order valence-electron chi connectivity index (χ1n) is 12.5. The van der Waals surface area contributed by atoms with Gasteiger partial charge in [0.1, 0.15) is 11.5 Å². The molecule has 0 aliphatic heterocycles. The molecule has 0 spiro atoms. The summed E-state index contributed by atoms with van der Waals surface area (Å²) in [5.41, 5.74) is -0.671. The van der Waals surface area contributed by atoms with Crippen molar-refractivity contribution >= 4 is 5.97 Å². The van der Waals surface area contributed by atoms with E-state index in [1.807, 2.05) is 25.2 Å². The summed E-state index contributed by atoms with van der Waals surface area (Å²) in [4.78, 5) is 11.6. The second-order valence-electron chi connectivity index (χ2n) is 8.64. The van der Waals surface area contributed by atoms with E-state index in [2.05, 4.69) is 19.1 Å². The SMILES string of the molecule is CCCCCCCC/C=C\CCCCCCCCC1(OCC)C=CC=CC1C(=O)O. The maximum atomic E-state index is 11.6. The molecule has 3 nitrogen and oxygen atoms in total. The van der Waals surface area contributed by atoms with Crippen molar-refractivity contribution < 1.29 is 14.6 Å². The summed E-state index contributed by atoms with van der Waals surface area (Å²) < 4.78 is 5.94. The van der Waals surface area contributed by atoms with E-state index in [0.29, 0.717) is 6.61 Å². The molecule has 0 saturated carbocycles. The zero-order valence-corrected chi connectivity index (χ0v) is 19.6. The number of hydrogen-bond donors (Lipinski definition) is 1. The molecule has 30 heavy (non-hydrogen) atoms. The Hall–Kier alpha value is -1.35. The second-order valence-corrected chi connectivity index (χ2v) is 8.64. The number of unbranched alkanes of at least 4 members (excludes halogenated alkanes) is 12. The number of rotatable bonds is 19. The normalized spacial score (nSPS) is 20.9. The minimum absolute atomic E-state index is 0.536. The first-order chi connectivity index (χ1) is 14.7. The molecule has 0 radical (unpaired) electrons. The summed E-state index contributed by atoms with van der Waals surface area (Å²) in [7, 11) is 0. The van der Waals surface area contributed by atoms with Crippen LogP contribution in [-0.2, 0) is 9.53 Å². The van der Waals surface area contributed by atoms with Crippen LogP contribution in [0, 0.1) is 5.92 Å². The first-order valence-corrected chi connectivity index (χ1v) is 12.5. The van der Waals surface area contributed by atoms with Gasteiger partial charge in [-0.3, -0.25) is 4.79 Å². The van der Waals surface area contributed by atoms with Gasteiger partial charge in [-0.1, -0.05) is 108 Å². The van der Waals surface area contributed by atoms with Gasteiger partial charge in [0.25, 0.3) is 0 Å². The van der Waals surface area contributed by atoms with Crippen LogP contribution in [0.4, 0.5) is 0 Å². The van der Waals surface area contributed by atoms with E-state index in [0.717, 1.165) is 19.3 Å². The Labute approximate surface area is 185 Å². The lowest BCUT2D eigenvalue weighted by Crippen LogP contribution is -2.43. The predicted molar refractivity (Wildman–Crippen MR) is 128 cm³/mol. The molecular weight excluding hydrogens is 372 g/mol. The van der Waals surface area contributed by atoms with Crippen molar-refractivity contribution in [2.45, 2.75) is 116 Å². The van der Waals surface area contributed by atoms with Crippen molar-refractivity contribution in [2.75, 3.05) is 6.61 Å². The Morgan fingerprint density at radius 1 is 0.867 bits per heavy atom. The van der Waals surface area contributed by atoms with Crippen molar-refractivity contribution in [2.24, 2.45) is 5.92 Å². The number of carboxylic acids is 1. The zero-order valence-electron chi connectivity index (χ0n) is 19.6. The molecule has 0 aromatic carbocycles. The number of hydrogen-bond acceptors (Lipinski definition) is 2. The quantitative estimate of drug-likeness (QED) is 0.171. The topological polar surface area (TPSA) is 46.5 Å². The minimum Gasteiger partial charge on any atom is -0.481 e. The van der Waals surface area contributed by atoms with Gasteiger partial charge in [0, 0.05) is 6.61 Å². The van der Waals surface area contributed by atoms with E-state index in [4.69, 9.17) is 4.74 Å². The Balaban J connectivity index is 2.05. The van der Waals surface area contributed by atoms with Crippen LogP contribution < -0.4 is 0 Å². The molecule has 172 valence electrons. The third kappa shape index (κ3) is 11.2. The van der Waals surface area contributed by atoms with Crippen LogP contribution in [0.25, 0.3) is 0 Å². The highest BCUT2D eigenvalue weighted by Crippen LogP contribution is 2.34. The molecule has 0 amide bonds. The Kier molecular flexibility index (Phi) is 15.4. The second kappa shape index (κ2) is 17.3. The molecule has 0 saturated heterocycles. The van der Waals surface area contributed by atoms with E-state index >= 15 is 0 Å². The van der Waals surface area contributed by atoms with Gasteiger partial charge in [0.15, 0.2) is 0 Å².